The van der Waals surface area contributed by atoms with Crippen molar-refractivity contribution in [3.63, 3.8) is 0 Å². The number of carbonyl (C=O) groups excluding carboxylic acids is 2. The number of anilines is 1. The zero-order valence-electron chi connectivity index (χ0n) is 16.7. The molecule has 0 atom stereocenters. The molecular formula is C23H29N3O2. The highest BCUT2D eigenvalue weighted by Crippen LogP contribution is 2.21. The molecule has 1 N–H and O–H groups in total. The first-order valence-corrected chi connectivity index (χ1v) is 10.0. The largest absolute Gasteiger partial charge is 0.342 e. The van der Waals surface area contributed by atoms with E-state index in [2.05, 4.69) is 5.32 Å². The van der Waals surface area contributed by atoms with Gasteiger partial charge >= 0.3 is 6.03 Å². The molecule has 0 unspecified atom stereocenters. The number of nitrogens with one attached hydrogen (secondary N) is 1. The lowest BCUT2D eigenvalue weighted by Gasteiger charge is -2.25. The molecule has 0 aromatic heterocycles. The van der Waals surface area contributed by atoms with Crippen molar-refractivity contribution in [2.75, 3.05) is 18.0 Å². The molecule has 5 nitrogen and oxygen atoms in total. The number of amides is 3. The quantitative estimate of drug-likeness (QED) is 0.825. The van der Waals surface area contributed by atoms with Crippen molar-refractivity contribution in [3.05, 3.63) is 65.7 Å². The van der Waals surface area contributed by atoms with Crippen molar-refractivity contribution in [1.29, 1.82) is 0 Å². The predicted octanol–water partition coefficient (Wildman–Crippen LogP) is 3.98. The molecule has 28 heavy (non-hydrogen) atoms. The van der Waals surface area contributed by atoms with Gasteiger partial charge in [-0.25, -0.2) is 4.79 Å². The second-order valence-electron chi connectivity index (χ2n) is 7.61. The normalized spacial score (nSPS) is 13.6. The monoisotopic (exact) mass is 379 g/mol. The predicted molar refractivity (Wildman–Crippen MR) is 112 cm³/mol. The van der Waals surface area contributed by atoms with Crippen molar-refractivity contribution in [1.82, 2.24) is 10.2 Å². The number of likely N-dealkylation sites (tertiary alicyclic amines) is 1. The zero-order valence-corrected chi connectivity index (χ0v) is 16.7. The van der Waals surface area contributed by atoms with Crippen LogP contribution in [0.25, 0.3) is 0 Å². The Hall–Kier alpha value is -2.82. The summed E-state index contributed by atoms with van der Waals surface area (Å²) < 4.78 is 0. The highest BCUT2D eigenvalue weighted by molar-refractivity contribution is 5.92. The van der Waals surface area contributed by atoms with E-state index in [9.17, 15) is 9.59 Å². The first-order valence-electron chi connectivity index (χ1n) is 10.0. The van der Waals surface area contributed by atoms with Gasteiger partial charge in [-0.05, 0) is 49.9 Å². The molecular weight excluding hydrogens is 350 g/mol. The number of urea groups is 1. The smallest absolute Gasteiger partial charge is 0.322 e. The summed E-state index contributed by atoms with van der Waals surface area (Å²) in [5.74, 6) is 0.163. The SMILES string of the molecule is CC(C)NC(=O)N(Cc1ccccc1)c1cccc(CC(=O)N2CCCC2)c1. The van der Waals surface area contributed by atoms with E-state index in [-0.39, 0.29) is 18.0 Å². The maximum atomic E-state index is 12.8. The first kappa shape index (κ1) is 19.9. The van der Waals surface area contributed by atoms with Crippen LogP contribution < -0.4 is 10.2 Å². The number of hydrogen-bond donors (Lipinski definition) is 1. The van der Waals surface area contributed by atoms with Crippen LogP contribution in [0.15, 0.2) is 54.6 Å². The summed E-state index contributed by atoms with van der Waals surface area (Å²) in [5, 5.41) is 2.98. The van der Waals surface area contributed by atoms with Crippen molar-refractivity contribution >= 4 is 17.6 Å². The Kier molecular flexibility index (Phi) is 6.69. The standard InChI is InChI=1S/C23H29N3O2/c1-18(2)24-23(28)26(17-19-9-4-3-5-10-19)21-12-8-11-20(15-21)16-22(27)25-13-6-7-14-25/h3-5,8-12,15,18H,6-7,13-14,16-17H2,1-2H3,(H,24,28). The first-order chi connectivity index (χ1) is 13.5. The molecule has 0 radical (unpaired) electrons. The third-order valence-corrected chi connectivity index (χ3v) is 4.88. The van der Waals surface area contributed by atoms with E-state index < -0.39 is 0 Å². The third kappa shape index (κ3) is 5.35. The number of carbonyl (C=O) groups is 2. The lowest BCUT2D eigenvalue weighted by molar-refractivity contribution is -0.129. The van der Waals surface area contributed by atoms with E-state index in [1.807, 2.05) is 73.3 Å². The molecule has 1 aliphatic rings. The summed E-state index contributed by atoms with van der Waals surface area (Å²) in [6.07, 6.45) is 2.55. The van der Waals surface area contributed by atoms with E-state index in [4.69, 9.17) is 0 Å². The van der Waals surface area contributed by atoms with Crippen molar-refractivity contribution in [3.8, 4) is 0 Å². The topological polar surface area (TPSA) is 52.7 Å². The number of benzene rings is 2. The lowest BCUT2D eigenvalue weighted by atomic mass is 10.1. The molecule has 1 fully saturated rings. The molecule has 0 spiro atoms. The van der Waals surface area contributed by atoms with Crippen LogP contribution in [-0.4, -0.2) is 36.0 Å². The molecule has 148 valence electrons. The fraction of sp³-hybridized carbons (Fsp3) is 0.391. The molecule has 2 aromatic carbocycles. The minimum absolute atomic E-state index is 0.0469. The Bertz CT molecular complexity index is 799. The van der Waals surface area contributed by atoms with Gasteiger partial charge in [0.1, 0.15) is 0 Å². The van der Waals surface area contributed by atoms with Gasteiger partial charge in [0.25, 0.3) is 0 Å². The molecule has 2 aromatic rings. The van der Waals surface area contributed by atoms with Crippen LogP contribution in [0.5, 0.6) is 0 Å². The van der Waals surface area contributed by atoms with E-state index in [1.54, 1.807) is 4.90 Å². The molecule has 5 heteroatoms. The summed E-state index contributed by atoms with van der Waals surface area (Å²) in [7, 11) is 0. The van der Waals surface area contributed by atoms with E-state index in [0.29, 0.717) is 13.0 Å². The molecule has 0 saturated carbocycles. The van der Waals surface area contributed by atoms with Gasteiger partial charge in [-0.1, -0.05) is 42.5 Å². The maximum absolute atomic E-state index is 12.8. The minimum Gasteiger partial charge on any atom is -0.342 e. The van der Waals surface area contributed by atoms with Crippen LogP contribution in [0.1, 0.15) is 37.8 Å². The zero-order chi connectivity index (χ0) is 19.9. The molecule has 0 aliphatic carbocycles. The second-order valence-corrected chi connectivity index (χ2v) is 7.61. The molecule has 0 bridgehead atoms. The summed E-state index contributed by atoms with van der Waals surface area (Å²) in [5.41, 5.74) is 2.79. The summed E-state index contributed by atoms with van der Waals surface area (Å²) in [6, 6.07) is 17.6. The van der Waals surface area contributed by atoms with Crippen LogP contribution >= 0.6 is 0 Å². The third-order valence-electron chi connectivity index (χ3n) is 4.88. The fourth-order valence-corrected chi connectivity index (χ4v) is 3.46. The minimum atomic E-state index is -0.137. The van der Waals surface area contributed by atoms with Gasteiger partial charge < -0.3 is 10.2 Å². The molecule has 3 amide bonds. The van der Waals surface area contributed by atoms with E-state index >= 15 is 0 Å². The fourth-order valence-electron chi connectivity index (χ4n) is 3.46. The number of rotatable bonds is 6. The summed E-state index contributed by atoms with van der Waals surface area (Å²) in [6.45, 7) is 6.08. The van der Waals surface area contributed by atoms with E-state index in [1.165, 1.54) is 0 Å². The Morgan fingerprint density at radius 1 is 1.00 bits per heavy atom. The average molecular weight is 380 g/mol. The Morgan fingerprint density at radius 2 is 1.68 bits per heavy atom. The Balaban J connectivity index is 1.80. The van der Waals surface area contributed by atoms with Gasteiger partial charge in [0.15, 0.2) is 0 Å². The van der Waals surface area contributed by atoms with Crippen LogP contribution in [-0.2, 0) is 17.8 Å². The van der Waals surface area contributed by atoms with E-state index in [0.717, 1.165) is 42.7 Å². The Labute approximate surface area is 167 Å². The number of hydrogen-bond acceptors (Lipinski definition) is 2. The highest BCUT2D eigenvalue weighted by Gasteiger charge is 2.20. The van der Waals surface area contributed by atoms with Crippen LogP contribution in [0.3, 0.4) is 0 Å². The van der Waals surface area contributed by atoms with Crippen molar-refractivity contribution < 1.29 is 9.59 Å². The molecule has 1 heterocycles. The van der Waals surface area contributed by atoms with Crippen LogP contribution in [0.4, 0.5) is 10.5 Å². The Morgan fingerprint density at radius 3 is 2.36 bits per heavy atom. The molecule has 1 aliphatic heterocycles. The maximum Gasteiger partial charge on any atom is 0.322 e. The molecule has 3 rings (SSSR count). The van der Waals surface area contributed by atoms with Gasteiger partial charge in [0, 0.05) is 24.8 Å². The van der Waals surface area contributed by atoms with Crippen LogP contribution in [0, 0.1) is 0 Å². The highest BCUT2D eigenvalue weighted by atomic mass is 16.2. The lowest BCUT2D eigenvalue weighted by Crippen LogP contribution is -2.42. The van der Waals surface area contributed by atoms with Crippen molar-refractivity contribution in [2.45, 2.75) is 45.7 Å². The van der Waals surface area contributed by atoms with Crippen molar-refractivity contribution in [2.24, 2.45) is 0 Å². The molecule has 1 saturated heterocycles. The number of nitrogens with zero attached hydrogens (tertiary/aromatic N) is 2. The van der Waals surface area contributed by atoms with Crippen LogP contribution in [0.2, 0.25) is 0 Å². The van der Waals surface area contributed by atoms with Gasteiger partial charge in [-0.3, -0.25) is 9.69 Å². The van der Waals surface area contributed by atoms with Gasteiger partial charge in [-0.15, -0.1) is 0 Å². The second kappa shape index (κ2) is 9.40. The van der Waals surface area contributed by atoms with Gasteiger partial charge in [-0.2, -0.15) is 0 Å². The van der Waals surface area contributed by atoms with Gasteiger partial charge in [0.2, 0.25) is 5.91 Å². The summed E-state index contributed by atoms with van der Waals surface area (Å²) >= 11 is 0. The summed E-state index contributed by atoms with van der Waals surface area (Å²) in [4.78, 5) is 29.0. The average Bonchev–Trinajstić information content (AvgIpc) is 3.21. The van der Waals surface area contributed by atoms with Gasteiger partial charge in [0.05, 0.1) is 13.0 Å².